The lowest BCUT2D eigenvalue weighted by molar-refractivity contribution is -0.129. The van der Waals surface area contributed by atoms with Crippen molar-refractivity contribution in [2.75, 3.05) is 19.6 Å². The Balaban J connectivity index is 1.23. The highest BCUT2D eigenvalue weighted by Crippen LogP contribution is 2.21. The summed E-state index contributed by atoms with van der Waals surface area (Å²) in [6.45, 7) is 8.33. The van der Waals surface area contributed by atoms with Gasteiger partial charge in [-0.1, -0.05) is 24.3 Å². The predicted octanol–water partition coefficient (Wildman–Crippen LogP) is 2.55. The van der Waals surface area contributed by atoms with Crippen LogP contribution in [0.15, 0.2) is 47.1 Å². The summed E-state index contributed by atoms with van der Waals surface area (Å²) in [5.74, 6) is 0.339. The molecule has 0 aliphatic carbocycles. The third-order valence-corrected chi connectivity index (χ3v) is 5.90. The van der Waals surface area contributed by atoms with Gasteiger partial charge in [-0.25, -0.2) is 0 Å². The summed E-state index contributed by atoms with van der Waals surface area (Å²) in [5.41, 5.74) is 2.31. The summed E-state index contributed by atoms with van der Waals surface area (Å²) < 4.78 is 11.1. The van der Waals surface area contributed by atoms with Crippen molar-refractivity contribution in [3.05, 3.63) is 59.5 Å². The van der Waals surface area contributed by atoms with Gasteiger partial charge in [0.1, 0.15) is 5.76 Å². The van der Waals surface area contributed by atoms with Crippen molar-refractivity contribution >= 4 is 11.8 Å². The number of nitrogens with one attached hydrogen (secondary N) is 1. The molecule has 0 spiro atoms. The van der Waals surface area contributed by atoms with Crippen LogP contribution in [0.1, 0.15) is 37.2 Å². The van der Waals surface area contributed by atoms with Crippen LogP contribution in [-0.2, 0) is 34.0 Å². The third kappa shape index (κ3) is 5.74. The second-order valence-electron chi connectivity index (χ2n) is 8.74. The summed E-state index contributed by atoms with van der Waals surface area (Å²) in [6.07, 6.45) is 2.36. The summed E-state index contributed by atoms with van der Waals surface area (Å²) in [5, 5.41) is 2.99. The first-order valence-electron chi connectivity index (χ1n) is 11.0. The Hall–Kier alpha value is -2.64. The molecule has 1 aromatic carbocycles. The summed E-state index contributed by atoms with van der Waals surface area (Å²) in [7, 11) is 0. The molecular weight excluding hydrogens is 394 g/mol. The van der Waals surface area contributed by atoms with Gasteiger partial charge in [0.15, 0.2) is 0 Å². The second kappa shape index (κ2) is 9.66. The number of likely N-dealkylation sites (tertiary alicyclic amines) is 1. The van der Waals surface area contributed by atoms with Crippen molar-refractivity contribution < 1.29 is 18.7 Å². The van der Waals surface area contributed by atoms with Crippen LogP contribution in [0.5, 0.6) is 0 Å². The minimum atomic E-state index is -0.313. The van der Waals surface area contributed by atoms with E-state index in [4.69, 9.17) is 9.15 Å². The maximum atomic E-state index is 12.6. The fourth-order valence-electron chi connectivity index (χ4n) is 4.46. The number of hydrogen-bond acceptors (Lipinski definition) is 5. The molecule has 2 aromatic rings. The largest absolute Gasteiger partial charge is 0.467 e. The Morgan fingerprint density at radius 2 is 1.74 bits per heavy atom. The number of amides is 2. The van der Waals surface area contributed by atoms with E-state index in [-0.39, 0.29) is 36.4 Å². The van der Waals surface area contributed by atoms with Crippen LogP contribution in [0.4, 0.5) is 0 Å². The predicted molar refractivity (Wildman–Crippen MR) is 116 cm³/mol. The molecule has 2 aliphatic rings. The third-order valence-electron chi connectivity index (χ3n) is 5.90. The molecular formula is C24H31N3O4. The topological polar surface area (TPSA) is 75.0 Å². The first-order chi connectivity index (χ1) is 15.0. The summed E-state index contributed by atoms with van der Waals surface area (Å²) in [6, 6.07) is 12.0. The number of hydrogen-bond donors (Lipinski definition) is 1. The van der Waals surface area contributed by atoms with E-state index in [1.807, 2.05) is 6.07 Å². The van der Waals surface area contributed by atoms with Gasteiger partial charge in [0.25, 0.3) is 0 Å². The van der Waals surface area contributed by atoms with Crippen LogP contribution in [0.2, 0.25) is 0 Å². The van der Waals surface area contributed by atoms with Gasteiger partial charge in [-0.05, 0) is 37.1 Å². The van der Waals surface area contributed by atoms with Gasteiger partial charge in [-0.2, -0.15) is 0 Å². The number of furan rings is 1. The average Bonchev–Trinajstić information content (AvgIpc) is 3.37. The highest BCUT2D eigenvalue weighted by Gasteiger charge is 2.34. The molecule has 31 heavy (non-hydrogen) atoms. The van der Waals surface area contributed by atoms with Gasteiger partial charge in [-0.3, -0.25) is 14.5 Å². The van der Waals surface area contributed by atoms with Gasteiger partial charge < -0.3 is 19.4 Å². The van der Waals surface area contributed by atoms with E-state index in [0.29, 0.717) is 19.6 Å². The van der Waals surface area contributed by atoms with Crippen molar-refractivity contribution in [2.45, 2.75) is 52.1 Å². The van der Waals surface area contributed by atoms with Crippen LogP contribution >= 0.6 is 0 Å². The van der Waals surface area contributed by atoms with Crippen molar-refractivity contribution in [1.82, 2.24) is 15.1 Å². The van der Waals surface area contributed by atoms with Gasteiger partial charge in [0, 0.05) is 39.1 Å². The van der Waals surface area contributed by atoms with Gasteiger partial charge in [-0.15, -0.1) is 0 Å². The highest BCUT2D eigenvalue weighted by molar-refractivity contribution is 5.89. The Bertz CT molecular complexity index is 871. The highest BCUT2D eigenvalue weighted by atomic mass is 16.5. The Morgan fingerprint density at radius 3 is 2.42 bits per heavy atom. The zero-order valence-corrected chi connectivity index (χ0v) is 18.3. The van der Waals surface area contributed by atoms with E-state index in [1.54, 1.807) is 17.2 Å². The average molecular weight is 426 g/mol. The lowest BCUT2D eigenvalue weighted by Gasteiger charge is -2.35. The second-order valence-corrected chi connectivity index (χ2v) is 8.74. The molecule has 0 radical (unpaired) electrons. The first kappa shape index (κ1) is 21.6. The Morgan fingerprint density at radius 1 is 1.03 bits per heavy atom. The molecule has 7 nitrogen and oxygen atoms in total. The van der Waals surface area contributed by atoms with Crippen LogP contribution in [-0.4, -0.2) is 53.5 Å². The lowest BCUT2D eigenvalue weighted by Crippen LogP contribution is -2.44. The number of ether oxygens (including phenoxy) is 1. The smallest absolute Gasteiger partial charge is 0.225 e. The molecule has 1 N–H and O–H groups in total. The molecule has 2 fully saturated rings. The molecule has 0 saturated carbocycles. The maximum Gasteiger partial charge on any atom is 0.225 e. The molecule has 3 heterocycles. The van der Waals surface area contributed by atoms with Crippen molar-refractivity contribution in [3.8, 4) is 0 Å². The summed E-state index contributed by atoms with van der Waals surface area (Å²) >= 11 is 0. The van der Waals surface area contributed by atoms with Crippen molar-refractivity contribution in [2.24, 2.45) is 5.92 Å². The van der Waals surface area contributed by atoms with E-state index in [0.717, 1.165) is 31.0 Å². The van der Waals surface area contributed by atoms with E-state index < -0.39 is 0 Å². The molecule has 0 bridgehead atoms. The lowest BCUT2D eigenvalue weighted by atomic mass is 10.1. The minimum absolute atomic E-state index is 0.00680. The molecule has 1 aromatic heterocycles. The number of benzene rings is 1. The standard InChI is InChI=1S/C24H31N3O4/c1-17-12-26(13-18(2)31-17)14-20-7-5-19(6-8-20)11-25-24(29)21-10-23(28)27(15-21)16-22-4-3-9-30-22/h3-9,17-18,21H,10-16H2,1-2H3,(H,25,29)/t17-,18+,21-/m1/s1. The van der Waals surface area contributed by atoms with E-state index >= 15 is 0 Å². The SMILES string of the molecule is C[C@@H]1CN(Cc2ccc(CNC(=O)[C@@H]3CC(=O)N(Cc4ccco4)C3)cc2)C[C@H](C)O1. The monoisotopic (exact) mass is 425 g/mol. The zero-order chi connectivity index (χ0) is 21.8. The minimum Gasteiger partial charge on any atom is -0.467 e. The van der Waals surface area contributed by atoms with Crippen molar-refractivity contribution in [1.29, 1.82) is 0 Å². The quantitative estimate of drug-likeness (QED) is 0.738. The van der Waals surface area contributed by atoms with Crippen LogP contribution in [0.25, 0.3) is 0 Å². The Kier molecular flexibility index (Phi) is 6.73. The molecule has 4 rings (SSSR count). The normalized spacial score (nSPS) is 24.5. The molecule has 2 aliphatic heterocycles. The number of rotatable bonds is 7. The number of carbonyl (C=O) groups is 2. The maximum absolute atomic E-state index is 12.6. The zero-order valence-electron chi connectivity index (χ0n) is 18.3. The van der Waals surface area contributed by atoms with E-state index in [2.05, 4.69) is 48.3 Å². The van der Waals surface area contributed by atoms with Gasteiger partial charge >= 0.3 is 0 Å². The molecule has 0 unspecified atom stereocenters. The first-order valence-corrected chi connectivity index (χ1v) is 11.0. The van der Waals surface area contributed by atoms with E-state index in [1.165, 1.54) is 5.56 Å². The van der Waals surface area contributed by atoms with E-state index in [9.17, 15) is 9.59 Å². The Labute approximate surface area is 183 Å². The molecule has 7 heteroatoms. The number of nitrogens with zero attached hydrogens (tertiary/aromatic N) is 2. The molecule has 2 amide bonds. The van der Waals surface area contributed by atoms with Crippen molar-refractivity contribution in [3.63, 3.8) is 0 Å². The molecule has 2 saturated heterocycles. The van der Waals surface area contributed by atoms with Crippen LogP contribution in [0.3, 0.4) is 0 Å². The number of morpholine rings is 1. The number of carbonyl (C=O) groups excluding carboxylic acids is 2. The van der Waals surface area contributed by atoms with Crippen LogP contribution < -0.4 is 5.32 Å². The molecule has 166 valence electrons. The van der Waals surface area contributed by atoms with Crippen LogP contribution in [0, 0.1) is 5.92 Å². The van der Waals surface area contributed by atoms with Gasteiger partial charge in [0.2, 0.25) is 11.8 Å². The summed E-state index contributed by atoms with van der Waals surface area (Å²) in [4.78, 5) is 28.9. The fraction of sp³-hybridized carbons (Fsp3) is 0.500. The molecule has 3 atom stereocenters. The van der Waals surface area contributed by atoms with Gasteiger partial charge in [0.05, 0.1) is 30.9 Å². The fourth-order valence-corrected chi connectivity index (χ4v) is 4.46.